The summed E-state index contributed by atoms with van der Waals surface area (Å²) in [6.07, 6.45) is 2.85. The summed E-state index contributed by atoms with van der Waals surface area (Å²) in [7, 11) is 1.64. The molecule has 2 aromatic carbocycles. The fourth-order valence-corrected chi connectivity index (χ4v) is 4.04. The van der Waals surface area contributed by atoms with Gasteiger partial charge in [-0.15, -0.1) is 10.2 Å². The summed E-state index contributed by atoms with van der Waals surface area (Å²) in [5.41, 5.74) is 6.66. The van der Waals surface area contributed by atoms with Crippen molar-refractivity contribution in [3.8, 4) is 11.5 Å². The number of methoxy groups -OCH3 is 1. The van der Waals surface area contributed by atoms with Crippen molar-refractivity contribution in [3.05, 3.63) is 101 Å². The monoisotopic (exact) mass is 456 g/mol. The number of aryl methyl sites for hydroxylation is 2. The Kier molecular flexibility index (Phi) is 7.44. The van der Waals surface area contributed by atoms with Crippen molar-refractivity contribution < 1.29 is 14.4 Å². The van der Waals surface area contributed by atoms with Crippen molar-refractivity contribution in [3.63, 3.8) is 0 Å². The summed E-state index contributed by atoms with van der Waals surface area (Å²) in [6, 6.07) is 20.2. The molecule has 0 saturated heterocycles. The summed E-state index contributed by atoms with van der Waals surface area (Å²) in [4.78, 5) is 4.26. The Morgan fingerprint density at radius 3 is 2.56 bits per heavy atom. The highest BCUT2D eigenvalue weighted by atomic mass is 16.5. The molecule has 0 aliphatic heterocycles. The van der Waals surface area contributed by atoms with Gasteiger partial charge in [-0.05, 0) is 54.8 Å². The van der Waals surface area contributed by atoms with Crippen molar-refractivity contribution in [1.29, 1.82) is 0 Å². The number of benzene rings is 2. The van der Waals surface area contributed by atoms with Crippen molar-refractivity contribution in [1.82, 2.24) is 15.2 Å². The van der Waals surface area contributed by atoms with Gasteiger partial charge in [0.15, 0.2) is 0 Å². The minimum atomic E-state index is -0.00503. The van der Waals surface area contributed by atoms with Gasteiger partial charge in [0.25, 0.3) is 0 Å². The minimum Gasteiger partial charge on any atom is -0.421 e. The molecule has 2 heterocycles. The van der Waals surface area contributed by atoms with E-state index in [1.807, 2.05) is 43.3 Å². The number of hydrogen-bond acceptors (Lipinski definition) is 7. The van der Waals surface area contributed by atoms with E-state index < -0.39 is 0 Å². The lowest BCUT2D eigenvalue weighted by atomic mass is 9.83. The van der Waals surface area contributed by atoms with Crippen LogP contribution in [0.1, 0.15) is 46.2 Å². The number of pyridine rings is 1. The first-order valence-corrected chi connectivity index (χ1v) is 11.2. The highest BCUT2D eigenvalue weighted by Crippen LogP contribution is 2.33. The number of rotatable bonds is 9. The second kappa shape index (κ2) is 10.9. The summed E-state index contributed by atoms with van der Waals surface area (Å²) < 4.78 is 10.8. The second-order valence-electron chi connectivity index (χ2n) is 8.21. The van der Waals surface area contributed by atoms with Crippen molar-refractivity contribution in [2.75, 3.05) is 13.7 Å². The Bertz CT molecular complexity index is 1260. The van der Waals surface area contributed by atoms with Gasteiger partial charge >= 0.3 is 0 Å². The Morgan fingerprint density at radius 1 is 1.06 bits per heavy atom. The molecule has 7 heteroatoms. The number of ether oxygens (including phenoxy) is 1. The van der Waals surface area contributed by atoms with Crippen molar-refractivity contribution in [2.24, 2.45) is 5.16 Å². The summed E-state index contributed by atoms with van der Waals surface area (Å²) >= 11 is 0. The highest BCUT2D eigenvalue weighted by molar-refractivity contribution is 6.01. The Labute approximate surface area is 199 Å². The fourth-order valence-electron chi connectivity index (χ4n) is 4.04. The highest BCUT2D eigenvalue weighted by Gasteiger charge is 2.21. The second-order valence-corrected chi connectivity index (χ2v) is 8.21. The van der Waals surface area contributed by atoms with Crippen LogP contribution in [0.4, 0.5) is 0 Å². The van der Waals surface area contributed by atoms with Crippen LogP contribution >= 0.6 is 0 Å². The van der Waals surface area contributed by atoms with E-state index in [4.69, 9.17) is 9.15 Å². The van der Waals surface area contributed by atoms with Crippen LogP contribution in [-0.4, -0.2) is 39.8 Å². The lowest BCUT2D eigenvalue weighted by Crippen LogP contribution is -2.12. The molecule has 0 aliphatic rings. The van der Waals surface area contributed by atoms with Gasteiger partial charge in [-0.1, -0.05) is 41.6 Å². The molecule has 0 spiro atoms. The third kappa shape index (κ3) is 5.38. The number of nitrogens with zero attached hydrogens (tertiary/aromatic N) is 4. The molecule has 2 aromatic heterocycles. The van der Waals surface area contributed by atoms with Crippen LogP contribution in [0.2, 0.25) is 0 Å². The van der Waals surface area contributed by atoms with Gasteiger partial charge in [0.1, 0.15) is 0 Å². The van der Waals surface area contributed by atoms with E-state index >= 15 is 0 Å². The third-order valence-electron chi connectivity index (χ3n) is 5.86. The predicted octanol–water partition coefficient (Wildman–Crippen LogP) is 5.34. The van der Waals surface area contributed by atoms with Gasteiger partial charge in [-0.2, -0.15) is 0 Å². The lowest BCUT2D eigenvalue weighted by molar-refractivity contribution is 0.195. The van der Waals surface area contributed by atoms with Crippen molar-refractivity contribution >= 4 is 5.71 Å². The average Bonchev–Trinajstić information content (AvgIpc) is 3.33. The van der Waals surface area contributed by atoms with Crippen LogP contribution in [-0.2, 0) is 11.2 Å². The van der Waals surface area contributed by atoms with Crippen molar-refractivity contribution in [2.45, 2.75) is 32.6 Å². The molecule has 0 bridgehead atoms. The summed E-state index contributed by atoms with van der Waals surface area (Å²) in [6.45, 7) is 4.56. The van der Waals surface area contributed by atoms with Crippen LogP contribution in [0.3, 0.4) is 0 Å². The van der Waals surface area contributed by atoms with E-state index in [2.05, 4.69) is 51.5 Å². The zero-order valence-electron chi connectivity index (χ0n) is 19.6. The third-order valence-corrected chi connectivity index (χ3v) is 5.86. The van der Waals surface area contributed by atoms with Gasteiger partial charge in [-0.25, -0.2) is 0 Å². The summed E-state index contributed by atoms with van der Waals surface area (Å²) in [5.74, 6) is 1.03. The summed E-state index contributed by atoms with van der Waals surface area (Å²) in [5, 5.41) is 21.8. The maximum absolute atomic E-state index is 9.87. The average molecular weight is 457 g/mol. The molecule has 1 atom stereocenters. The smallest absolute Gasteiger partial charge is 0.247 e. The zero-order valence-corrected chi connectivity index (χ0v) is 19.6. The van der Waals surface area contributed by atoms with Gasteiger partial charge in [0.2, 0.25) is 11.8 Å². The number of oxime groups is 1. The van der Waals surface area contributed by atoms with Crippen LogP contribution in [0.25, 0.3) is 11.5 Å². The number of hydrogen-bond donors (Lipinski definition) is 1. The van der Waals surface area contributed by atoms with E-state index in [0.717, 1.165) is 22.4 Å². The van der Waals surface area contributed by atoms with Gasteiger partial charge in [0, 0.05) is 48.9 Å². The maximum atomic E-state index is 9.87. The van der Waals surface area contributed by atoms with E-state index in [1.165, 1.54) is 11.1 Å². The van der Waals surface area contributed by atoms with E-state index in [9.17, 15) is 5.21 Å². The molecule has 0 aliphatic carbocycles. The fraction of sp³-hybridized carbons (Fsp3) is 0.259. The van der Waals surface area contributed by atoms with Crippen LogP contribution in [0, 0.1) is 13.8 Å². The molecule has 0 unspecified atom stereocenters. The van der Waals surface area contributed by atoms with Crippen LogP contribution < -0.4 is 0 Å². The maximum Gasteiger partial charge on any atom is 0.247 e. The van der Waals surface area contributed by atoms with Gasteiger partial charge < -0.3 is 14.4 Å². The van der Waals surface area contributed by atoms with E-state index in [-0.39, 0.29) is 5.92 Å². The molecular formula is C27H28N4O3. The molecular weight excluding hydrogens is 428 g/mol. The van der Waals surface area contributed by atoms with Gasteiger partial charge in [-0.3, -0.25) is 4.98 Å². The quantitative estimate of drug-likeness (QED) is 0.208. The number of aromatic nitrogens is 3. The molecule has 1 N–H and O–H groups in total. The Hall–Kier alpha value is -3.84. The molecule has 4 aromatic rings. The lowest BCUT2D eigenvalue weighted by Gasteiger charge is -2.21. The first-order valence-electron chi connectivity index (χ1n) is 11.2. The van der Waals surface area contributed by atoms with E-state index in [1.54, 1.807) is 13.3 Å². The van der Waals surface area contributed by atoms with Crippen LogP contribution in [0.15, 0.2) is 76.4 Å². The molecule has 0 radical (unpaired) electrons. The Balaban J connectivity index is 1.65. The Morgan fingerprint density at radius 2 is 1.85 bits per heavy atom. The predicted molar refractivity (Wildman–Crippen MR) is 130 cm³/mol. The molecule has 0 amide bonds. The zero-order chi connectivity index (χ0) is 23.9. The van der Waals surface area contributed by atoms with E-state index in [0.29, 0.717) is 36.9 Å². The molecule has 7 nitrogen and oxygen atoms in total. The molecule has 0 saturated carbocycles. The molecule has 4 rings (SSSR count). The van der Waals surface area contributed by atoms with Crippen LogP contribution in [0.5, 0.6) is 0 Å². The standard InChI is InChI=1S/C27H28N4O3/c1-18-6-4-5-7-23(18)24(17-25(31-32)22-12-14-28-19(2)16-22)20-8-10-21(11-9-20)27-30-29-26(34-27)13-15-33-3/h4-12,14,16,24,32H,13,15,17H2,1-3H3/b31-25-/t24-/m1/s1. The first kappa shape index (κ1) is 23.3. The molecule has 174 valence electrons. The normalized spacial score (nSPS) is 12.6. The molecule has 0 fully saturated rings. The topological polar surface area (TPSA) is 93.6 Å². The first-order chi connectivity index (χ1) is 16.6. The SMILES string of the molecule is COCCc1nnc(-c2ccc([C@@H](C/C(=N/O)c3ccnc(C)c3)c3ccccc3C)cc2)o1. The molecule has 34 heavy (non-hydrogen) atoms. The largest absolute Gasteiger partial charge is 0.421 e. The minimum absolute atomic E-state index is 0.00503. The van der Waals surface area contributed by atoms with Gasteiger partial charge in [0.05, 0.1) is 12.3 Å².